The summed E-state index contributed by atoms with van der Waals surface area (Å²) in [6.07, 6.45) is 4.56. The Morgan fingerprint density at radius 3 is 2.45 bits per heavy atom. The molecule has 0 spiro atoms. The fraction of sp³-hybridized carbons (Fsp3) is 0.867. The topological polar surface area (TPSA) is 60.9 Å². The van der Waals surface area contributed by atoms with E-state index in [9.17, 15) is 9.59 Å². The molecule has 1 aliphatic carbocycles. The van der Waals surface area contributed by atoms with E-state index in [-0.39, 0.29) is 11.9 Å². The molecule has 1 saturated carbocycles. The maximum atomic E-state index is 12.5. The molecule has 114 valence electrons. The highest BCUT2D eigenvalue weighted by molar-refractivity contribution is 5.77. The summed E-state index contributed by atoms with van der Waals surface area (Å²) in [4.78, 5) is 27.2. The van der Waals surface area contributed by atoms with Gasteiger partial charge >= 0.3 is 12.0 Å². The lowest BCUT2D eigenvalue weighted by molar-refractivity contribution is -0.142. The fourth-order valence-corrected chi connectivity index (χ4v) is 3.58. The Labute approximate surface area is 120 Å². The summed E-state index contributed by atoms with van der Waals surface area (Å²) in [6, 6.07) is 0.310. The molecule has 0 aromatic rings. The van der Waals surface area contributed by atoms with Gasteiger partial charge in [0.25, 0.3) is 0 Å². The minimum absolute atomic E-state index is 0.000278. The fourth-order valence-electron chi connectivity index (χ4n) is 3.58. The molecule has 0 aromatic heterocycles. The first kappa shape index (κ1) is 15.1. The monoisotopic (exact) mass is 282 g/mol. The molecule has 1 N–H and O–H groups in total. The Bertz CT molecular complexity index is 385. The number of carbonyl (C=O) groups excluding carboxylic acids is 1. The minimum atomic E-state index is -0.790. The number of likely N-dealkylation sites (tertiary alicyclic amines) is 1. The third kappa shape index (κ3) is 3.07. The van der Waals surface area contributed by atoms with Gasteiger partial charge in [-0.1, -0.05) is 26.7 Å². The molecule has 5 nitrogen and oxygen atoms in total. The van der Waals surface area contributed by atoms with Crippen molar-refractivity contribution in [1.82, 2.24) is 9.80 Å². The number of carbonyl (C=O) groups is 2. The highest BCUT2D eigenvalue weighted by Gasteiger charge is 2.39. The van der Waals surface area contributed by atoms with Gasteiger partial charge in [0.2, 0.25) is 0 Å². The van der Waals surface area contributed by atoms with Crippen LogP contribution >= 0.6 is 0 Å². The normalized spacial score (nSPS) is 34.0. The Hall–Kier alpha value is -1.26. The molecule has 4 atom stereocenters. The number of hydrogen-bond acceptors (Lipinski definition) is 2. The zero-order valence-electron chi connectivity index (χ0n) is 12.7. The van der Waals surface area contributed by atoms with E-state index >= 15 is 0 Å². The first-order valence-corrected chi connectivity index (χ1v) is 7.64. The van der Waals surface area contributed by atoms with Gasteiger partial charge in [-0.15, -0.1) is 0 Å². The van der Waals surface area contributed by atoms with Crippen LogP contribution in [0.3, 0.4) is 0 Å². The largest absolute Gasteiger partial charge is 0.481 e. The van der Waals surface area contributed by atoms with Crippen LogP contribution in [0.1, 0.15) is 39.5 Å². The lowest BCUT2D eigenvalue weighted by atomic mass is 9.86. The first-order chi connectivity index (χ1) is 9.40. The van der Waals surface area contributed by atoms with Crippen molar-refractivity contribution in [2.45, 2.75) is 45.6 Å². The second-order valence-corrected chi connectivity index (χ2v) is 6.65. The van der Waals surface area contributed by atoms with E-state index in [2.05, 4.69) is 6.92 Å². The summed E-state index contributed by atoms with van der Waals surface area (Å²) in [5, 5.41) is 9.15. The van der Waals surface area contributed by atoms with E-state index < -0.39 is 11.9 Å². The lowest BCUT2D eigenvalue weighted by Gasteiger charge is -2.36. The standard InChI is InChI=1S/C15H26N2O3/c1-10-5-4-6-12(7-10)16(3)15(20)17-8-11(2)13(9-17)14(18)19/h10-13H,4-9H2,1-3H3,(H,18,19)/t10?,11-,12?,13-/m1/s1. The number of carboxylic acid groups (broad SMARTS) is 1. The predicted molar refractivity (Wildman–Crippen MR) is 76.4 cm³/mol. The van der Waals surface area contributed by atoms with Crippen molar-refractivity contribution in [3.8, 4) is 0 Å². The average molecular weight is 282 g/mol. The van der Waals surface area contributed by atoms with E-state index in [0.29, 0.717) is 25.0 Å². The van der Waals surface area contributed by atoms with Crippen LogP contribution < -0.4 is 0 Å². The molecule has 2 amide bonds. The van der Waals surface area contributed by atoms with Crippen LogP contribution in [0.5, 0.6) is 0 Å². The number of carboxylic acids is 1. The Morgan fingerprint density at radius 2 is 1.90 bits per heavy atom. The van der Waals surface area contributed by atoms with Gasteiger partial charge in [0.15, 0.2) is 0 Å². The maximum Gasteiger partial charge on any atom is 0.320 e. The average Bonchev–Trinajstić information content (AvgIpc) is 2.79. The number of amides is 2. The molecule has 0 aromatic carbocycles. The van der Waals surface area contributed by atoms with Gasteiger partial charge in [-0.05, 0) is 24.7 Å². The van der Waals surface area contributed by atoms with Gasteiger partial charge < -0.3 is 14.9 Å². The third-order valence-corrected chi connectivity index (χ3v) is 4.96. The van der Waals surface area contributed by atoms with Crippen LogP contribution in [-0.2, 0) is 4.79 Å². The maximum absolute atomic E-state index is 12.5. The molecule has 20 heavy (non-hydrogen) atoms. The lowest BCUT2D eigenvalue weighted by Crippen LogP contribution is -2.46. The third-order valence-electron chi connectivity index (χ3n) is 4.96. The molecule has 2 unspecified atom stereocenters. The van der Waals surface area contributed by atoms with E-state index in [1.54, 1.807) is 4.90 Å². The van der Waals surface area contributed by atoms with Crippen LogP contribution in [-0.4, -0.2) is 53.1 Å². The van der Waals surface area contributed by atoms with Crippen LogP contribution in [0.4, 0.5) is 4.79 Å². The number of hydrogen-bond donors (Lipinski definition) is 1. The molecule has 2 fully saturated rings. The Balaban J connectivity index is 1.95. The molecule has 2 rings (SSSR count). The highest BCUT2D eigenvalue weighted by Crippen LogP contribution is 2.29. The summed E-state index contributed by atoms with van der Waals surface area (Å²) >= 11 is 0. The van der Waals surface area contributed by atoms with E-state index in [4.69, 9.17) is 5.11 Å². The summed E-state index contributed by atoms with van der Waals surface area (Å²) in [5.74, 6) is -0.497. The molecule has 0 bridgehead atoms. The molecular weight excluding hydrogens is 256 g/mol. The van der Waals surface area contributed by atoms with Gasteiger partial charge in [0, 0.05) is 26.2 Å². The van der Waals surface area contributed by atoms with Crippen molar-refractivity contribution in [2.75, 3.05) is 20.1 Å². The molecule has 5 heteroatoms. The van der Waals surface area contributed by atoms with Crippen molar-refractivity contribution in [2.24, 2.45) is 17.8 Å². The minimum Gasteiger partial charge on any atom is -0.481 e. The second-order valence-electron chi connectivity index (χ2n) is 6.65. The Morgan fingerprint density at radius 1 is 1.20 bits per heavy atom. The van der Waals surface area contributed by atoms with Crippen molar-refractivity contribution in [1.29, 1.82) is 0 Å². The van der Waals surface area contributed by atoms with Gasteiger partial charge in [0.05, 0.1) is 5.92 Å². The van der Waals surface area contributed by atoms with Gasteiger partial charge in [-0.25, -0.2) is 4.79 Å². The van der Waals surface area contributed by atoms with E-state index in [1.807, 2.05) is 18.9 Å². The number of aliphatic carboxylic acids is 1. The van der Waals surface area contributed by atoms with Crippen LogP contribution in [0.15, 0.2) is 0 Å². The highest BCUT2D eigenvalue weighted by atomic mass is 16.4. The van der Waals surface area contributed by atoms with Crippen molar-refractivity contribution in [3.63, 3.8) is 0 Å². The van der Waals surface area contributed by atoms with Gasteiger partial charge in [0.1, 0.15) is 0 Å². The molecule has 1 heterocycles. The zero-order valence-corrected chi connectivity index (χ0v) is 12.7. The van der Waals surface area contributed by atoms with Crippen LogP contribution in [0.2, 0.25) is 0 Å². The second kappa shape index (κ2) is 6.02. The van der Waals surface area contributed by atoms with E-state index in [0.717, 1.165) is 12.8 Å². The van der Waals surface area contributed by atoms with Crippen molar-refractivity contribution >= 4 is 12.0 Å². The van der Waals surface area contributed by atoms with Gasteiger partial charge in [-0.2, -0.15) is 0 Å². The predicted octanol–water partition coefficient (Wildman–Crippen LogP) is 2.27. The SMILES string of the molecule is CC1CCCC(N(C)C(=O)N2C[C@@H](C)[C@H](C(=O)O)C2)C1. The molecule has 1 saturated heterocycles. The summed E-state index contributed by atoms with van der Waals surface area (Å²) in [6.45, 7) is 5.06. The first-order valence-electron chi connectivity index (χ1n) is 7.64. The summed E-state index contributed by atoms with van der Waals surface area (Å²) in [5.41, 5.74) is 0. The number of nitrogens with zero attached hydrogens (tertiary/aromatic N) is 2. The Kier molecular flexibility index (Phi) is 4.55. The van der Waals surface area contributed by atoms with Crippen LogP contribution in [0, 0.1) is 17.8 Å². The smallest absolute Gasteiger partial charge is 0.320 e. The molecular formula is C15H26N2O3. The van der Waals surface area contributed by atoms with Crippen molar-refractivity contribution < 1.29 is 14.7 Å². The zero-order chi connectivity index (χ0) is 14.9. The van der Waals surface area contributed by atoms with Crippen molar-refractivity contribution in [3.05, 3.63) is 0 Å². The number of urea groups is 1. The molecule has 2 aliphatic rings. The summed E-state index contributed by atoms with van der Waals surface area (Å²) in [7, 11) is 1.86. The van der Waals surface area contributed by atoms with Crippen LogP contribution in [0.25, 0.3) is 0 Å². The summed E-state index contributed by atoms with van der Waals surface area (Å²) < 4.78 is 0. The molecule has 0 radical (unpaired) electrons. The van der Waals surface area contributed by atoms with E-state index in [1.165, 1.54) is 12.8 Å². The number of rotatable bonds is 2. The van der Waals surface area contributed by atoms with Gasteiger partial charge in [-0.3, -0.25) is 4.79 Å². The quantitative estimate of drug-likeness (QED) is 0.845. The molecule has 1 aliphatic heterocycles.